The van der Waals surface area contributed by atoms with Gasteiger partial charge in [-0.1, -0.05) is 61.5 Å². The molecule has 2 aromatic carbocycles. The first-order chi connectivity index (χ1) is 18.5. The summed E-state index contributed by atoms with van der Waals surface area (Å²) in [6.45, 7) is 9.24. The van der Waals surface area contributed by atoms with Gasteiger partial charge in [0.15, 0.2) is 0 Å². The normalized spacial score (nSPS) is 19.4. The zero-order chi connectivity index (χ0) is 28.2. The van der Waals surface area contributed by atoms with Crippen molar-refractivity contribution < 1.29 is 19.4 Å². The lowest BCUT2D eigenvalue weighted by molar-refractivity contribution is -0.101. The van der Waals surface area contributed by atoms with E-state index in [0.29, 0.717) is 32.5 Å². The van der Waals surface area contributed by atoms with Crippen LogP contribution in [0.4, 0.5) is 4.79 Å². The summed E-state index contributed by atoms with van der Waals surface area (Å²) in [7, 11) is 1.66. The van der Waals surface area contributed by atoms with Crippen molar-refractivity contribution >= 4 is 6.09 Å². The highest BCUT2D eigenvalue weighted by Gasteiger charge is 2.46. The molecular formula is C32H40N2O5. The van der Waals surface area contributed by atoms with Crippen LogP contribution >= 0.6 is 0 Å². The van der Waals surface area contributed by atoms with E-state index >= 15 is 0 Å². The molecule has 1 saturated heterocycles. The Morgan fingerprint density at radius 1 is 1.03 bits per heavy atom. The van der Waals surface area contributed by atoms with Crippen molar-refractivity contribution in [2.45, 2.75) is 64.3 Å². The maximum Gasteiger partial charge on any atom is 0.411 e. The van der Waals surface area contributed by atoms with Gasteiger partial charge in [0, 0.05) is 45.3 Å². The van der Waals surface area contributed by atoms with Crippen LogP contribution in [0, 0.1) is 5.92 Å². The molecule has 7 heteroatoms. The second-order valence-electron chi connectivity index (χ2n) is 11.4. The van der Waals surface area contributed by atoms with E-state index in [9.17, 15) is 14.7 Å². The molecular weight excluding hydrogens is 492 g/mol. The van der Waals surface area contributed by atoms with E-state index in [1.165, 1.54) is 0 Å². The predicted octanol–water partition coefficient (Wildman–Crippen LogP) is 5.76. The smallest absolute Gasteiger partial charge is 0.411 e. The topological polar surface area (TPSA) is 81.0 Å². The summed E-state index contributed by atoms with van der Waals surface area (Å²) in [5.74, 6) is 0.244. The van der Waals surface area contributed by atoms with E-state index in [2.05, 4.69) is 6.92 Å². The van der Waals surface area contributed by atoms with Gasteiger partial charge in [0.25, 0.3) is 5.56 Å². The summed E-state index contributed by atoms with van der Waals surface area (Å²) in [6, 6.07) is 21.1. The number of nitrogens with zero attached hydrogens (tertiary/aromatic N) is 2. The molecule has 4 rings (SSSR count). The van der Waals surface area contributed by atoms with Crippen LogP contribution in [0.2, 0.25) is 0 Å². The van der Waals surface area contributed by atoms with Crippen LogP contribution in [-0.4, -0.2) is 46.5 Å². The number of carbonyl (C=O) groups is 1. The highest BCUT2D eigenvalue weighted by atomic mass is 16.6. The number of carbonyl (C=O) groups excluding carboxylic acids is 1. The van der Waals surface area contributed by atoms with Crippen molar-refractivity contribution in [2.24, 2.45) is 5.92 Å². The number of methoxy groups -OCH3 is 1. The molecule has 1 amide bonds. The molecule has 1 N–H and O–H groups in total. The van der Waals surface area contributed by atoms with Crippen LogP contribution in [0.3, 0.4) is 0 Å². The Morgan fingerprint density at radius 3 is 2.31 bits per heavy atom. The highest BCUT2D eigenvalue weighted by molar-refractivity contribution is 5.70. The average molecular weight is 533 g/mol. The molecule has 1 aromatic heterocycles. The maximum atomic E-state index is 13.3. The van der Waals surface area contributed by atoms with Crippen LogP contribution in [0.5, 0.6) is 0 Å². The standard InChI is InChI=1S/C32H40N2O5/c1-23(21-38-5)20-33-17-15-27(19-29(33)35)26-13-11-25(12-14-26)24(2)34-18-16-32(39-30(34)36,22-31(3,4)37)28-9-7-6-8-10-28/h6-15,17,19,23-24,37H,16,18,20-22H2,1-5H3/t23-,24?,32-/m0/s1. The van der Waals surface area contributed by atoms with Gasteiger partial charge in [-0.25, -0.2) is 4.79 Å². The fraction of sp³-hybridized carbons (Fsp3) is 0.438. The molecule has 0 saturated carbocycles. The minimum atomic E-state index is -0.997. The zero-order valence-electron chi connectivity index (χ0n) is 23.6. The lowest BCUT2D eigenvalue weighted by Gasteiger charge is -2.45. The lowest BCUT2D eigenvalue weighted by Crippen LogP contribution is -2.51. The first-order valence-electron chi connectivity index (χ1n) is 13.6. The van der Waals surface area contributed by atoms with E-state index in [1.54, 1.807) is 36.5 Å². The van der Waals surface area contributed by atoms with Gasteiger partial charge >= 0.3 is 6.09 Å². The third-order valence-electron chi connectivity index (χ3n) is 7.44. The summed E-state index contributed by atoms with van der Waals surface area (Å²) < 4.78 is 13.0. The number of hydrogen-bond acceptors (Lipinski definition) is 5. The molecule has 3 aromatic rings. The van der Waals surface area contributed by atoms with Crippen LogP contribution in [-0.2, 0) is 21.6 Å². The highest BCUT2D eigenvalue weighted by Crippen LogP contribution is 2.42. The molecule has 0 radical (unpaired) electrons. The molecule has 1 fully saturated rings. The molecule has 1 aliphatic heterocycles. The minimum absolute atomic E-state index is 0.0445. The van der Waals surface area contributed by atoms with Gasteiger partial charge in [-0.3, -0.25) is 4.79 Å². The molecule has 1 unspecified atom stereocenters. The zero-order valence-corrected chi connectivity index (χ0v) is 23.6. The van der Waals surface area contributed by atoms with Gasteiger partial charge in [0.1, 0.15) is 5.60 Å². The molecule has 0 bridgehead atoms. The first-order valence-corrected chi connectivity index (χ1v) is 13.6. The third kappa shape index (κ3) is 6.78. The molecule has 2 heterocycles. The van der Waals surface area contributed by atoms with Crippen molar-refractivity contribution in [1.29, 1.82) is 0 Å². The van der Waals surface area contributed by atoms with Gasteiger partial charge in [0.2, 0.25) is 0 Å². The third-order valence-corrected chi connectivity index (χ3v) is 7.44. The number of pyridine rings is 1. The molecule has 0 aliphatic carbocycles. The van der Waals surface area contributed by atoms with Gasteiger partial charge in [-0.05, 0) is 55.0 Å². The van der Waals surface area contributed by atoms with Crippen molar-refractivity contribution in [2.75, 3.05) is 20.3 Å². The minimum Gasteiger partial charge on any atom is -0.438 e. The van der Waals surface area contributed by atoms with E-state index in [-0.39, 0.29) is 17.5 Å². The first kappa shape index (κ1) is 28.6. The number of cyclic esters (lactones) is 1. The Hall–Kier alpha value is -3.42. The number of ether oxygens (including phenoxy) is 2. The Morgan fingerprint density at radius 2 is 1.72 bits per heavy atom. The lowest BCUT2D eigenvalue weighted by atomic mass is 9.80. The number of benzene rings is 2. The van der Waals surface area contributed by atoms with Gasteiger partial charge in [-0.2, -0.15) is 0 Å². The average Bonchev–Trinajstić information content (AvgIpc) is 2.89. The summed E-state index contributed by atoms with van der Waals surface area (Å²) in [4.78, 5) is 27.7. The van der Waals surface area contributed by atoms with Crippen LogP contribution in [0.1, 0.15) is 57.7 Å². The fourth-order valence-electron chi connectivity index (χ4n) is 5.54. The fourth-order valence-corrected chi connectivity index (χ4v) is 5.54. The van der Waals surface area contributed by atoms with Crippen LogP contribution < -0.4 is 5.56 Å². The SMILES string of the molecule is COC[C@@H](C)Cn1ccc(-c2ccc(C(C)N3CC[C@](CC(C)(C)O)(c4ccccc4)OC3=O)cc2)cc1=O. The second-order valence-corrected chi connectivity index (χ2v) is 11.4. The Bertz CT molecular complexity index is 1310. The summed E-state index contributed by atoms with van der Waals surface area (Å²) in [5.41, 5.74) is 1.75. The Balaban J connectivity index is 1.48. The van der Waals surface area contributed by atoms with E-state index < -0.39 is 17.3 Å². The summed E-state index contributed by atoms with van der Waals surface area (Å²) in [6.07, 6.45) is 2.33. The van der Waals surface area contributed by atoms with Gasteiger partial charge < -0.3 is 24.0 Å². The van der Waals surface area contributed by atoms with Crippen LogP contribution in [0.25, 0.3) is 11.1 Å². The van der Waals surface area contributed by atoms with Crippen molar-refractivity contribution in [3.63, 3.8) is 0 Å². The van der Waals surface area contributed by atoms with Crippen molar-refractivity contribution in [1.82, 2.24) is 9.47 Å². The van der Waals surface area contributed by atoms with Gasteiger partial charge in [-0.15, -0.1) is 0 Å². The Labute approximate surface area is 231 Å². The van der Waals surface area contributed by atoms with Crippen molar-refractivity contribution in [3.8, 4) is 11.1 Å². The number of aromatic nitrogens is 1. The number of hydrogen-bond donors (Lipinski definition) is 1. The Kier molecular flexibility index (Phi) is 8.62. The number of amides is 1. The molecule has 3 atom stereocenters. The molecule has 39 heavy (non-hydrogen) atoms. The largest absolute Gasteiger partial charge is 0.438 e. The maximum absolute atomic E-state index is 13.3. The summed E-state index contributed by atoms with van der Waals surface area (Å²) in [5, 5.41) is 10.6. The number of aliphatic hydroxyl groups is 1. The molecule has 0 spiro atoms. The van der Waals surface area contributed by atoms with Gasteiger partial charge in [0.05, 0.1) is 18.2 Å². The quantitative estimate of drug-likeness (QED) is 0.359. The molecule has 7 nitrogen and oxygen atoms in total. The van der Waals surface area contributed by atoms with E-state index in [0.717, 1.165) is 22.3 Å². The molecule has 208 valence electrons. The second kappa shape index (κ2) is 11.8. The number of rotatable bonds is 10. The van der Waals surface area contributed by atoms with E-state index in [1.807, 2.05) is 73.8 Å². The van der Waals surface area contributed by atoms with Crippen LogP contribution in [0.15, 0.2) is 77.7 Å². The predicted molar refractivity (Wildman–Crippen MR) is 152 cm³/mol. The molecule has 1 aliphatic rings. The van der Waals surface area contributed by atoms with E-state index in [4.69, 9.17) is 9.47 Å². The summed E-state index contributed by atoms with van der Waals surface area (Å²) >= 11 is 0. The van der Waals surface area contributed by atoms with Crippen molar-refractivity contribution in [3.05, 3.63) is 94.4 Å². The monoisotopic (exact) mass is 532 g/mol.